The lowest BCUT2D eigenvalue weighted by molar-refractivity contribution is -0.138. The molecule has 0 radical (unpaired) electrons. The van der Waals surface area contributed by atoms with E-state index in [-0.39, 0.29) is 6.04 Å². The Morgan fingerprint density at radius 3 is 3.00 bits per heavy atom. The van der Waals surface area contributed by atoms with Crippen LogP contribution < -0.4 is 4.90 Å². The summed E-state index contributed by atoms with van der Waals surface area (Å²) in [7, 11) is 0. The van der Waals surface area contributed by atoms with Crippen molar-refractivity contribution in [2.75, 3.05) is 4.90 Å². The van der Waals surface area contributed by atoms with Gasteiger partial charge in [-0.1, -0.05) is 17.7 Å². The molecule has 0 amide bonds. The molecule has 1 aromatic carbocycles. The number of carboxylic acid groups (broad SMARTS) is 1. The molecule has 1 saturated heterocycles. The Balaban J connectivity index is 2.07. The van der Waals surface area contributed by atoms with Crippen molar-refractivity contribution in [1.82, 2.24) is 0 Å². The molecule has 16 heavy (non-hydrogen) atoms. The van der Waals surface area contributed by atoms with Crippen molar-refractivity contribution in [2.45, 2.75) is 31.3 Å². The molecule has 2 unspecified atom stereocenters. The molecular weight excluding hydrogens is 226 g/mol. The number of fused-ring (bicyclic) bond motifs is 3. The summed E-state index contributed by atoms with van der Waals surface area (Å²) < 4.78 is 0. The maximum Gasteiger partial charge on any atom is 0.326 e. The van der Waals surface area contributed by atoms with E-state index in [0.29, 0.717) is 6.04 Å². The second-order valence-corrected chi connectivity index (χ2v) is 4.84. The molecule has 0 aromatic heterocycles. The summed E-state index contributed by atoms with van der Waals surface area (Å²) in [5, 5.41) is 9.94. The van der Waals surface area contributed by atoms with E-state index in [0.717, 1.165) is 35.5 Å². The van der Waals surface area contributed by atoms with E-state index >= 15 is 0 Å². The Bertz CT molecular complexity index is 460. The number of hydrogen-bond donors (Lipinski definition) is 1. The standard InChI is InChI=1S/C12H12ClNO2/c13-9-2-1-3-10-8(9)6-7-4-5-11(12(15)16)14(7)10/h1-3,7,11H,4-6H2,(H,15,16). The van der Waals surface area contributed by atoms with Gasteiger partial charge in [-0.2, -0.15) is 0 Å². The number of anilines is 1. The van der Waals surface area contributed by atoms with Gasteiger partial charge in [-0.05, 0) is 37.0 Å². The van der Waals surface area contributed by atoms with Crippen LogP contribution in [0, 0.1) is 0 Å². The minimum atomic E-state index is -0.727. The molecule has 2 aliphatic heterocycles. The van der Waals surface area contributed by atoms with E-state index in [1.165, 1.54) is 0 Å². The highest BCUT2D eigenvalue weighted by atomic mass is 35.5. The van der Waals surface area contributed by atoms with Crippen LogP contribution in [0.5, 0.6) is 0 Å². The Kier molecular flexibility index (Phi) is 2.11. The maximum atomic E-state index is 11.2. The quantitative estimate of drug-likeness (QED) is 0.815. The Morgan fingerprint density at radius 1 is 1.44 bits per heavy atom. The van der Waals surface area contributed by atoms with E-state index < -0.39 is 5.97 Å². The first-order valence-corrected chi connectivity index (χ1v) is 5.85. The van der Waals surface area contributed by atoms with Crippen molar-refractivity contribution in [3.05, 3.63) is 28.8 Å². The monoisotopic (exact) mass is 237 g/mol. The van der Waals surface area contributed by atoms with Gasteiger partial charge in [0.1, 0.15) is 6.04 Å². The summed E-state index contributed by atoms with van der Waals surface area (Å²) in [4.78, 5) is 13.2. The molecule has 2 heterocycles. The predicted molar refractivity (Wildman–Crippen MR) is 62.1 cm³/mol. The SMILES string of the molecule is O=C(O)C1CCC2Cc3c(Cl)cccc3N21. The molecule has 84 valence electrons. The Hall–Kier alpha value is -1.22. The smallest absolute Gasteiger partial charge is 0.326 e. The van der Waals surface area contributed by atoms with Gasteiger partial charge in [-0.25, -0.2) is 4.79 Å². The van der Waals surface area contributed by atoms with Crippen LogP contribution in [0.25, 0.3) is 0 Å². The average Bonchev–Trinajstić information content (AvgIpc) is 2.77. The highest BCUT2D eigenvalue weighted by Crippen LogP contribution is 2.43. The molecule has 0 saturated carbocycles. The summed E-state index contributed by atoms with van der Waals surface area (Å²) in [5.74, 6) is -0.727. The molecular formula is C12H12ClNO2. The fraction of sp³-hybridized carbons (Fsp3) is 0.417. The van der Waals surface area contributed by atoms with Crippen molar-refractivity contribution < 1.29 is 9.90 Å². The lowest BCUT2D eigenvalue weighted by Crippen LogP contribution is -2.38. The van der Waals surface area contributed by atoms with E-state index in [4.69, 9.17) is 11.6 Å². The number of benzene rings is 1. The fourth-order valence-electron chi connectivity index (χ4n) is 2.92. The number of carbonyl (C=O) groups is 1. The molecule has 1 fully saturated rings. The van der Waals surface area contributed by atoms with Crippen molar-refractivity contribution in [1.29, 1.82) is 0 Å². The third-order valence-electron chi connectivity index (χ3n) is 3.60. The van der Waals surface area contributed by atoms with Gasteiger partial charge in [0.25, 0.3) is 0 Å². The highest BCUT2D eigenvalue weighted by Gasteiger charge is 2.43. The molecule has 0 aliphatic carbocycles. The minimum Gasteiger partial charge on any atom is -0.480 e. The normalized spacial score (nSPS) is 26.7. The van der Waals surface area contributed by atoms with Crippen LogP contribution in [0.2, 0.25) is 5.02 Å². The number of hydrogen-bond acceptors (Lipinski definition) is 2. The summed E-state index contributed by atoms with van der Waals surface area (Å²) in [6.07, 6.45) is 2.58. The number of aliphatic carboxylic acids is 1. The third-order valence-corrected chi connectivity index (χ3v) is 3.95. The highest BCUT2D eigenvalue weighted by molar-refractivity contribution is 6.31. The van der Waals surface area contributed by atoms with Gasteiger partial charge in [-0.3, -0.25) is 0 Å². The van der Waals surface area contributed by atoms with Crippen LogP contribution in [0.3, 0.4) is 0 Å². The van der Waals surface area contributed by atoms with Gasteiger partial charge in [0.15, 0.2) is 0 Å². The first-order valence-electron chi connectivity index (χ1n) is 5.47. The lowest BCUT2D eigenvalue weighted by atomic mass is 10.1. The topological polar surface area (TPSA) is 40.5 Å². The minimum absolute atomic E-state index is 0.330. The molecule has 2 atom stereocenters. The van der Waals surface area contributed by atoms with Crippen molar-refractivity contribution >= 4 is 23.3 Å². The van der Waals surface area contributed by atoms with E-state index in [9.17, 15) is 9.90 Å². The molecule has 3 nitrogen and oxygen atoms in total. The van der Waals surface area contributed by atoms with Gasteiger partial charge in [0, 0.05) is 16.8 Å². The second-order valence-electron chi connectivity index (χ2n) is 4.43. The van der Waals surface area contributed by atoms with Crippen LogP contribution in [0.15, 0.2) is 18.2 Å². The van der Waals surface area contributed by atoms with E-state index in [1.807, 2.05) is 23.1 Å². The molecule has 3 rings (SSSR count). The van der Waals surface area contributed by atoms with Gasteiger partial charge in [0.2, 0.25) is 0 Å². The van der Waals surface area contributed by atoms with E-state index in [1.54, 1.807) is 0 Å². The lowest BCUT2D eigenvalue weighted by Gasteiger charge is -2.24. The largest absolute Gasteiger partial charge is 0.480 e. The number of halogens is 1. The zero-order chi connectivity index (χ0) is 11.3. The summed E-state index contributed by atoms with van der Waals surface area (Å²) >= 11 is 6.13. The fourth-order valence-corrected chi connectivity index (χ4v) is 3.16. The van der Waals surface area contributed by atoms with Crippen LogP contribution in [0.1, 0.15) is 18.4 Å². The number of rotatable bonds is 1. The molecule has 0 bridgehead atoms. The Morgan fingerprint density at radius 2 is 2.25 bits per heavy atom. The van der Waals surface area contributed by atoms with Crippen molar-refractivity contribution in [2.24, 2.45) is 0 Å². The summed E-state index contributed by atoms with van der Waals surface area (Å²) in [6.45, 7) is 0. The van der Waals surface area contributed by atoms with Crippen LogP contribution in [-0.2, 0) is 11.2 Å². The van der Waals surface area contributed by atoms with Gasteiger partial charge in [0.05, 0.1) is 0 Å². The Labute approximate surface area is 98.6 Å². The van der Waals surface area contributed by atoms with Gasteiger partial charge >= 0.3 is 5.97 Å². The average molecular weight is 238 g/mol. The molecule has 1 N–H and O–H groups in total. The molecule has 2 aliphatic rings. The molecule has 1 aromatic rings. The van der Waals surface area contributed by atoms with Gasteiger partial charge in [-0.15, -0.1) is 0 Å². The first kappa shape index (κ1) is 9.97. The third kappa shape index (κ3) is 1.24. The molecule has 0 spiro atoms. The van der Waals surface area contributed by atoms with E-state index in [2.05, 4.69) is 0 Å². The van der Waals surface area contributed by atoms with Crippen LogP contribution >= 0.6 is 11.6 Å². The summed E-state index contributed by atoms with van der Waals surface area (Å²) in [5.41, 5.74) is 2.13. The van der Waals surface area contributed by atoms with Crippen LogP contribution in [-0.4, -0.2) is 23.2 Å². The molecule has 4 heteroatoms. The number of carboxylic acids is 1. The van der Waals surface area contributed by atoms with Crippen LogP contribution in [0.4, 0.5) is 5.69 Å². The van der Waals surface area contributed by atoms with Crippen molar-refractivity contribution in [3.8, 4) is 0 Å². The number of nitrogens with zero attached hydrogens (tertiary/aromatic N) is 1. The second kappa shape index (κ2) is 3.39. The maximum absolute atomic E-state index is 11.2. The predicted octanol–water partition coefficient (Wildman–Crippen LogP) is 2.32. The summed E-state index contributed by atoms with van der Waals surface area (Å²) in [6, 6.07) is 5.70. The van der Waals surface area contributed by atoms with Crippen molar-refractivity contribution in [3.63, 3.8) is 0 Å². The zero-order valence-electron chi connectivity index (χ0n) is 8.69. The zero-order valence-corrected chi connectivity index (χ0v) is 9.44. The van der Waals surface area contributed by atoms with Gasteiger partial charge < -0.3 is 10.0 Å². The first-order chi connectivity index (χ1) is 7.68.